The number of ether oxygens (including phenoxy) is 4. The fourth-order valence-corrected chi connectivity index (χ4v) is 3.64. The Bertz CT molecular complexity index is 746. The summed E-state index contributed by atoms with van der Waals surface area (Å²) in [5.41, 5.74) is 0.972. The Balaban J connectivity index is 1.68. The average Bonchev–Trinajstić information content (AvgIpc) is 3.01. The Morgan fingerprint density at radius 3 is 2.48 bits per heavy atom. The molecule has 2 heterocycles. The molecule has 2 aliphatic rings. The fraction of sp³-hybridized carbons (Fsp3) is 0.562. The standard InChI is InChI=1S/C16H22N2O6S/c1-10-5-7-11(8-6-10)25(19,20)18-17-9-12-13-14(15(21-4)22-12)24-16(2,3)23-13/h5-9,12-15,18H,1-4H3/b17-9+/t12-,13+,14+,15?/m1/s1. The summed E-state index contributed by atoms with van der Waals surface area (Å²) in [5.74, 6) is -0.761. The minimum absolute atomic E-state index is 0.136. The topological polar surface area (TPSA) is 95.5 Å². The smallest absolute Gasteiger partial charge is 0.276 e. The molecule has 0 aromatic heterocycles. The van der Waals surface area contributed by atoms with Crippen LogP contribution in [0.15, 0.2) is 34.3 Å². The van der Waals surface area contributed by atoms with Crippen LogP contribution in [0.4, 0.5) is 0 Å². The Hall–Kier alpha value is -1.52. The molecule has 1 aromatic rings. The average molecular weight is 370 g/mol. The van der Waals surface area contributed by atoms with Crippen LogP contribution in [0.1, 0.15) is 19.4 Å². The molecule has 2 saturated heterocycles. The molecule has 4 atom stereocenters. The van der Waals surface area contributed by atoms with Gasteiger partial charge < -0.3 is 18.9 Å². The van der Waals surface area contributed by atoms with Crippen LogP contribution in [0.2, 0.25) is 0 Å². The second kappa shape index (κ2) is 6.65. The summed E-state index contributed by atoms with van der Waals surface area (Å²) in [5, 5.41) is 3.82. The molecule has 9 heteroatoms. The molecule has 25 heavy (non-hydrogen) atoms. The van der Waals surface area contributed by atoms with E-state index in [1.807, 2.05) is 6.92 Å². The number of benzene rings is 1. The summed E-state index contributed by atoms with van der Waals surface area (Å²) in [6.07, 6.45) is -0.653. The number of rotatable bonds is 5. The third-order valence-electron chi connectivity index (χ3n) is 4.00. The Labute approximate surface area is 147 Å². The molecular weight excluding hydrogens is 348 g/mol. The summed E-state index contributed by atoms with van der Waals surface area (Å²) in [7, 11) is -2.23. The summed E-state index contributed by atoms with van der Waals surface area (Å²) >= 11 is 0. The van der Waals surface area contributed by atoms with E-state index < -0.39 is 40.4 Å². The van der Waals surface area contributed by atoms with Crippen molar-refractivity contribution in [3.8, 4) is 0 Å². The number of hydrogen-bond donors (Lipinski definition) is 1. The third-order valence-corrected chi connectivity index (χ3v) is 5.24. The predicted octanol–water partition coefficient (Wildman–Crippen LogP) is 1.15. The van der Waals surface area contributed by atoms with Crippen molar-refractivity contribution < 1.29 is 27.4 Å². The van der Waals surface area contributed by atoms with Crippen molar-refractivity contribution in [3.63, 3.8) is 0 Å². The van der Waals surface area contributed by atoms with Crippen LogP contribution < -0.4 is 4.83 Å². The maximum atomic E-state index is 12.2. The van der Waals surface area contributed by atoms with Crippen LogP contribution >= 0.6 is 0 Å². The zero-order valence-corrected chi connectivity index (χ0v) is 15.3. The Morgan fingerprint density at radius 2 is 1.84 bits per heavy atom. The van der Waals surface area contributed by atoms with Gasteiger partial charge in [-0.1, -0.05) is 17.7 Å². The van der Waals surface area contributed by atoms with Crippen molar-refractivity contribution in [2.45, 2.75) is 56.1 Å². The first-order chi connectivity index (χ1) is 11.7. The molecule has 0 radical (unpaired) electrons. The monoisotopic (exact) mass is 370 g/mol. The lowest BCUT2D eigenvalue weighted by atomic mass is 10.1. The first-order valence-corrected chi connectivity index (χ1v) is 9.36. The highest BCUT2D eigenvalue weighted by molar-refractivity contribution is 7.89. The van der Waals surface area contributed by atoms with E-state index in [9.17, 15) is 8.42 Å². The third kappa shape index (κ3) is 3.85. The quantitative estimate of drug-likeness (QED) is 0.617. The first-order valence-electron chi connectivity index (χ1n) is 7.87. The van der Waals surface area contributed by atoms with Gasteiger partial charge in [-0.2, -0.15) is 13.5 Å². The van der Waals surface area contributed by atoms with E-state index in [2.05, 4.69) is 9.93 Å². The van der Waals surface area contributed by atoms with Crippen molar-refractivity contribution in [1.82, 2.24) is 4.83 Å². The van der Waals surface area contributed by atoms with Crippen LogP contribution in [0.25, 0.3) is 0 Å². The van der Waals surface area contributed by atoms with Crippen molar-refractivity contribution in [2.24, 2.45) is 5.10 Å². The van der Waals surface area contributed by atoms with Gasteiger partial charge in [-0.05, 0) is 32.9 Å². The van der Waals surface area contributed by atoms with E-state index in [4.69, 9.17) is 18.9 Å². The number of sulfonamides is 1. The lowest BCUT2D eigenvalue weighted by Crippen LogP contribution is -2.31. The number of hydrogen-bond acceptors (Lipinski definition) is 7. The zero-order chi connectivity index (χ0) is 18.2. The van der Waals surface area contributed by atoms with Gasteiger partial charge in [0.25, 0.3) is 10.0 Å². The van der Waals surface area contributed by atoms with Gasteiger partial charge >= 0.3 is 0 Å². The van der Waals surface area contributed by atoms with Gasteiger partial charge in [-0.3, -0.25) is 0 Å². The van der Waals surface area contributed by atoms with Crippen LogP contribution in [-0.2, 0) is 29.0 Å². The van der Waals surface area contributed by atoms with Crippen molar-refractivity contribution >= 4 is 16.2 Å². The van der Waals surface area contributed by atoms with Crippen LogP contribution in [0.3, 0.4) is 0 Å². The summed E-state index contributed by atoms with van der Waals surface area (Å²) in [6.45, 7) is 5.48. The number of nitrogens with zero attached hydrogens (tertiary/aromatic N) is 1. The highest BCUT2D eigenvalue weighted by Crippen LogP contribution is 2.38. The normalized spacial score (nSPS) is 31.4. The largest absolute Gasteiger partial charge is 0.353 e. The minimum Gasteiger partial charge on any atom is -0.353 e. The highest BCUT2D eigenvalue weighted by Gasteiger charge is 2.55. The van der Waals surface area contributed by atoms with E-state index in [0.717, 1.165) is 5.56 Å². The van der Waals surface area contributed by atoms with Crippen LogP contribution in [-0.4, -0.2) is 52.1 Å². The predicted molar refractivity (Wildman–Crippen MR) is 89.5 cm³/mol. The van der Waals surface area contributed by atoms with Gasteiger partial charge in [-0.25, -0.2) is 4.83 Å². The fourth-order valence-electron chi connectivity index (χ4n) is 2.84. The number of nitrogens with one attached hydrogen (secondary N) is 1. The molecular formula is C16H22N2O6S. The van der Waals surface area contributed by atoms with Gasteiger partial charge in [-0.15, -0.1) is 0 Å². The molecule has 1 unspecified atom stereocenters. The maximum absolute atomic E-state index is 12.2. The maximum Gasteiger partial charge on any atom is 0.276 e. The molecule has 1 aromatic carbocycles. The minimum atomic E-state index is -3.74. The molecule has 0 spiro atoms. The Morgan fingerprint density at radius 1 is 1.20 bits per heavy atom. The lowest BCUT2D eigenvalue weighted by molar-refractivity contribution is -0.218. The first kappa shape index (κ1) is 18.3. The van der Waals surface area contributed by atoms with Crippen molar-refractivity contribution in [2.75, 3.05) is 7.11 Å². The molecule has 138 valence electrons. The van der Waals surface area contributed by atoms with Crippen molar-refractivity contribution in [3.05, 3.63) is 29.8 Å². The summed E-state index contributed by atoms with van der Waals surface area (Å²) < 4.78 is 46.9. The van der Waals surface area contributed by atoms with E-state index in [1.54, 1.807) is 26.0 Å². The second-order valence-electron chi connectivity index (χ2n) is 6.46. The van der Waals surface area contributed by atoms with Gasteiger partial charge in [0.05, 0.1) is 11.1 Å². The van der Waals surface area contributed by atoms with Crippen molar-refractivity contribution in [1.29, 1.82) is 0 Å². The van der Waals surface area contributed by atoms with E-state index in [0.29, 0.717) is 0 Å². The molecule has 0 aliphatic carbocycles. The molecule has 1 N–H and O–H groups in total. The number of methoxy groups -OCH3 is 1. The number of aryl methyl sites for hydroxylation is 1. The molecule has 8 nitrogen and oxygen atoms in total. The van der Waals surface area contributed by atoms with E-state index in [-0.39, 0.29) is 4.90 Å². The van der Waals surface area contributed by atoms with Gasteiger partial charge in [0.1, 0.15) is 18.3 Å². The summed E-state index contributed by atoms with van der Waals surface area (Å²) in [6, 6.07) is 6.48. The molecule has 2 fully saturated rings. The van der Waals surface area contributed by atoms with Crippen LogP contribution in [0, 0.1) is 6.92 Å². The van der Waals surface area contributed by atoms with Crippen LogP contribution in [0.5, 0.6) is 0 Å². The molecule has 0 amide bonds. The van der Waals surface area contributed by atoms with Gasteiger partial charge in [0, 0.05) is 7.11 Å². The summed E-state index contributed by atoms with van der Waals surface area (Å²) in [4.78, 5) is 2.32. The van der Waals surface area contributed by atoms with Gasteiger partial charge in [0.2, 0.25) is 0 Å². The van der Waals surface area contributed by atoms with Gasteiger partial charge in [0.15, 0.2) is 12.1 Å². The highest BCUT2D eigenvalue weighted by atomic mass is 32.2. The lowest BCUT2D eigenvalue weighted by Gasteiger charge is -2.22. The van der Waals surface area contributed by atoms with E-state index in [1.165, 1.54) is 25.5 Å². The number of hydrazone groups is 1. The molecule has 0 saturated carbocycles. The second-order valence-corrected chi connectivity index (χ2v) is 8.12. The number of fused-ring (bicyclic) bond motifs is 1. The molecule has 2 aliphatic heterocycles. The SMILES string of the molecule is COC1O[C@H](/C=N/NS(=O)(=O)c2ccc(C)cc2)[C@@H]2OC(C)(C)O[C@H]12. The molecule has 3 rings (SSSR count). The zero-order valence-electron chi connectivity index (χ0n) is 14.5. The molecule has 0 bridgehead atoms. The van der Waals surface area contributed by atoms with E-state index >= 15 is 0 Å². The Kier molecular flexibility index (Phi) is 4.86.